The molecule has 1 atom stereocenters. The van der Waals surface area contributed by atoms with E-state index in [0.29, 0.717) is 5.82 Å². The third kappa shape index (κ3) is 2.88. The molecule has 1 amide bonds. The average molecular weight is 416 g/mol. The summed E-state index contributed by atoms with van der Waals surface area (Å²) < 4.78 is 3.68. The standard InChI is InChI=1S/C22H24N8O/c1-13(15-11-24-28(4)12-15)30-20(25-19(27-30)17-8-9-23-26-17)14-6-7-18-16(10-14)22(2,3)21(31)29(18)5/h6-13H,1-5H3,(H,23,26). The maximum Gasteiger partial charge on any atom is 0.236 e. The summed E-state index contributed by atoms with van der Waals surface area (Å²) in [6.45, 7) is 5.99. The first-order chi connectivity index (χ1) is 14.8. The number of likely N-dealkylation sites (N-methyl/N-ethyl adjacent to an activating group) is 1. The zero-order chi connectivity index (χ0) is 21.9. The minimum absolute atomic E-state index is 0.0848. The van der Waals surface area contributed by atoms with Crippen LogP contribution in [0, 0.1) is 0 Å². The zero-order valence-electron chi connectivity index (χ0n) is 18.2. The molecule has 1 aliphatic rings. The first kappa shape index (κ1) is 19.2. The summed E-state index contributed by atoms with van der Waals surface area (Å²) in [7, 11) is 3.71. The zero-order valence-corrected chi connectivity index (χ0v) is 18.2. The molecule has 1 unspecified atom stereocenters. The van der Waals surface area contributed by atoms with Gasteiger partial charge in [0.05, 0.1) is 17.7 Å². The number of carbonyl (C=O) groups is 1. The molecule has 9 nitrogen and oxygen atoms in total. The first-order valence-corrected chi connectivity index (χ1v) is 10.2. The van der Waals surface area contributed by atoms with Crippen LogP contribution in [0.15, 0.2) is 42.9 Å². The third-order valence-corrected chi connectivity index (χ3v) is 6.08. The second kappa shape index (κ2) is 6.63. The van der Waals surface area contributed by atoms with Crippen molar-refractivity contribution in [3.63, 3.8) is 0 Å². The highest BCUT2D eigenvalue weighted by molar-refractivity contribution is 6.07. The highest BCUT2D eigenvalue weighted by atomic mass is 16.2. The number of aromatic nitrogens is 7. The Labute approximate surface area is 179 Å². The quantitative estimate of drug-likeness (QED) is 0.552. The second-order valence-electron chi connectivity index (χ2n) is 8.52. The topological polar surface area (TPSA) is 97.5 Å². The Morgan fingerprint density at radius 1 is 1.16 bits per heavy atom. The van der Waals surface area contributed by atoms with Gasteiger partial charge in [0, 0.05) is 43.3 Å². The Balaban J connectivity index is 1.67. The van der Waals surface area contributed by atoms with Crippen LogP contribution < -0.4 is 4.90 Å². The molecule has 0 aliphatic carbocycles. The number of carbonyl (C=O) groups excluding carboxylic acids is 1. The molecular formula is C22H24N8O. The lowest BCUT2D eigenvalue weighted by atomic mass is 9.85. The molecule has 31 heavy (non-hydrogen) atoms. The minimum Gasteiger partial charge on any atom is -0.314 e. The number of H-pyrrole nitrogens is 1. The highest BCUT2D eigenvalue weighted by Gasteiger charge is 2.42. The largest absolute Gasteiger partial charge is 0.314 e. The molecule has 0 bridgehead atoms. The van der Waals surface area contributed by atoms with Gasteiger partial charge in [-0.1, -0.05) is 0 Å². The van der Waals surface area contributed by atoms with E-state index < -0.39 is 5.41 Å². The molecule has 158 valence electrons. The van der Waals surface area contributed by atoms with E-state index in [0.717, 1.165) is 33.9 Å². The first-order valence-electron chi connectivity index (χ1n) is 10.2. The number of anilines is 1. The number of amides is 1. The van der Waals surface area contributed by atoms with Gasteiger partial charge in [0.2, 0.25) is 5.91 Å². The molecule has 5 rings (SSSR count). The van der Waals surface area contributed by atoms with Crippen LogP contribution in [0.4, 0.5) is 5.69 Å². The van der Waals surface area contributed by atoms with Gasteiger partial charge < -0.3 is 4.90 Å². The molecule has 0 radical (unpaired) electrons. The Morgan fingerprint density at radius 2 is 1.97 bits per heavy atom. The monoisotopic (exact) mass is 416 g/mol. The van der Waals surface area contributed by atoms with Gasteiger partial charge in [0.1, 0.15) is 5.69 Å². The molecule has 0 saturated carbocycles. The molecule has 9 heteroatoms. The van der Waals surface area contributed by atoms with Crippen molar-refractivity contribution < 1.29 is 4.79 Å². The van der Waals surface area contributed by atoms with Crippen molar-refractivity contribution in [2.45, 2.75) is 32.2 Å². The van der Waals surface area contributed by atoms with Crippen LogP contribution in [0.25, 0.3) is 22.9 Å². The number of aryl methyl sites for hydroxylation is 1. The molecule has 3 aromatic heterocycles. The average Bonchev–Trinajstić information content (AvgIpc) is 3.53. The second-order valence-corrected chi connectivity index (χ2v) is 8.52. The van der Waals surface area contributed by atoms with E-state index >= 15 is 0 Å². The summed E-state index contributed by atoms with van der Waals surface area (Å²) >= 11 is 0. The van der Waals surface area contributed by atoms with Gasteiger partial charge in [0.25, 0.3) is 0 Å². The lowest BCUT2D eigenvalue weighted by Crippen LogP contribution is -2.33. The maximum absolute atomic E-state index is 12.7. The molecule has 0 fully saturated rings. The number of benzene rings is 1. The Kier molecular flexibility index (Phi) is 4.11. The van der Waals surface area contributed by atoms with E-state index in [2.05, 4.69) is 28.3 Å². The van der Waals surface area contributed by atoms with Crippen LogP contribution in [-0.4, -0.2) is 47.7 Å². The lowest BCUT2D eigenvalue weighted by Gasteiger charge is -2.17. The number of hydrogen-bond acceptors (Lipinski definition) is 5. The van der Waals surface area contributed by atoms with Crippen molar-refractivity contribution in [1.82, 2.24) is 34.7 Å². The van der Waals surface area contributed by atoms with Gasteiger partial charge in [0.15, 0.2) is 11.6 Å². The SMILES string of the molecule is CC(c1cnn(C)c1)n1nc(-c2ccn[nH]2)nc1-c1ccc2c(c1)C(C)(C)C(=O)N2C. The minimum atomic E-state index is -0.591. The summed E-state index contributed by atoms with van der Waals surface area (Å²) in [4.78, 5) is 19.3. The highest BCUT2D eigenvalue weighted by Crippen LogP contribution is 2.42. The molecule has 1 N–H and O–H groups in total. The molecule has 1 aliphatic heterocycles. The fraction of sp³-hybridized carbons (Fsp3) is 0.318. The van der Waals surface area contributed by atoms with Gasteiger partial charge in [-0.05, 0) is 50.6 Å². The smallest absolute Gasteiger partial charge is 0.236 e. The van der Waals surface area contributed by atoms with Crippen molar-refractivity contribution in [2.75, 3.05) is 11.9 Å². The van der Waals surface area contributed by atoms with Crippen LogP contribution in [0.1, 0.15) is 37.9 Å². The third-order valence-electron chi connectivity index (χ3n) is 6.08. The van der Waals surface area contributed by atoms with E-state index in [1.807, 2.05) is 63.2 Å². The number of rotatable bonds is 4. The fourth-order valence-electron chi connectivity index (χ4n) is 4.19. The predicted octanol–water partition coefficient (Wildman–Crippen LogP) is 2.93. The van der Waals surface area contributed by atoms with Crippen molar-refractivity contribution in [1.29, 1.82) is 0 Å². The van der Waals surface area contributed by atoms with Gasteiger partial charge >= 0.3 is 0 Å². The van der Waals surface area contributed by atoms with Crippen LogP contribution in [0.2, 0.25) is 0 Å². The Morgan fingerprint density at radius 3 is 2.65 bits per heavy atom. The molecule has 0 saturated heterocycles. The fourth-order valence-corrected chi connectivity index (χ4v) is 4.19. The predicted molar refractivity (Wildman–Crippen MR) is 116 cm³/mol. The summed E-state index contributed by atoms with van der Waals surface area (Å²) in [5.74, 6) is 1.38. The number of nitrogens with one attached hydrogen (secondary N) is 1. The van der Waals surface area contributed by atoms with Crippen molar-refractivity contribution in [2.24, 2.45) is 7.05 Å². The van der Waals surface area contributed by atoms with Crippen molar-refractivity contribution >= 4 is 11.6 Å². The Bertz CT molecular complexity index is 1280. The van der Waals surface area contributed by atoms with Crippen LogP contribution in [-0.2, 0) is 17.3 Å². The molecule has 4 heterocycles. The molecule has 1 aromatic carbocycles. The maximum atomic E-state index is 12.7. The van der Waals surface area contributed by atoms with E-state index in [-0.39, 0.29) is 11.9 Å². The van der Waals surface area contributed by atoms with Crippen LogP contribution >= 0.6 is 0 Å². The van der Waals surface area contributed by atoms with Gasteiger partial charge in [-0.15, -0.1) is 5.10 Å². The van der Waals surface area contributed by atoms with Crippen molar-refractivity contribution in [3.05, 3.63) is 54.0 Å². The van der Waals surface area contributed by atoms with Gasteiger partial charge in [-0.2, -0.15) is 10.2 Å². The lowest BCUT2D eigenvalue weighted by molar-refractivity contribution is -0.121. The summed E-state index contributed by atoms with van der Waals surface area (Å²) in [5, 5.41) is 16.1. The van der Waals surface area contributed by atoms with E-state index in [4.69, 9.17) is 10.1 Å². The molecular weight excluding hydrogens is 392 g/mol. The number of aromatic amines is 1. The number of fused-ring (bicyclic) bond motifs is 1. The molecule has 0 spiro atoms. The van der Waals surface area contributed by atoms with Crippen molar-refractivity contribution in [3.8, 4) is 22.9 Å². The van der Waals surface area contributed by atoms with Crippen LogP contribution in [0.3, 0.4) is 0 Å². The summed E-state index contributed by atoms with van der Waals surface area (Å²) in [6, 6.07) is 7.80. The van der Waals surface area contributed by atoms with E-state index in [1.54, 1.807) is 15.8 Å². The normalized spacial score (nSPS) is 16.0. The number of hydrogen-bond donors (Lipinski definition) is 1. The van der Waals surface area contributed by atoms with Crippen LogP contribution in [0.5, 0.6) is 0 Å². The summed E-state index contributed by atoms with van der Waals surface area (Å²) in [5.41, 5.74) is 4.01. The van der Waals surface area contributed by atoms with Gasteiger partial charge in [-0.25, -0.2) is 9.67 Å². The van der Waals surface area contributed by atoms with E-state index in [9.17, 15) is 4.79 Å². The Hall–Kier alpha value is -3.75. The summed E-state index contributed by atoms with van der Waals surface area (Å²) in [6.07, 6.45) is 5.50. The van der Waals surface area contributed by atoms with E-state index in [1.165, 1.54) is 0 Å². The molecule has 4 aromatic rings. The number of nitrogens with zero attached hydrogens (tertiary/aromatic N) is 7. The van der Waals surface area contributed by atoms with Gasteiger partial charge in [-0.3, -0.25) is 14.6 Å².